The maximum atomic E-state index is 12.5. The molecule has 210 valence electrons. The van der Waals surface area contributed by atoms with Crippen LogP contribution in [0.4, 0.5) is 11.4 Å². The molecule has 0 aliphatic carbocycles. The maximum Gasteiger partial charge on any atom is 0.262 e. The van der Waals surface area contributed by atoms with Gasteiger partial charge in [-0.05, 0) is 91.4 Å². The van der Waals surface area contributed by atoms with Gasteiger partial charge in [0, 0.05) is 28.2 Å². The molecule has 6 rings (SSSR count). The third-order valence-corrected chi connectivity index (χ3v) is 7.74. The quantitative estimate of drug-likeness (QED) is 0.180. The van der Waals surface area contributed by atoms with E-state index in [-0.39, 0.29) is 24.6 Å². The minimum absolute atomic E-state index is 0.0905. The molecular weight excluding hydrogens is 568 g/mol. The van der Waals surface area contributed by atoms with E-state index in [2.05, 4.69) is 15.6 Å². The number of rotatable bonds is 8. The Morgan fingerprint density at radius 3 is 2.55 bits per heavy atom. The monoisotopic (exact) mass is 594 g/mol. The fraction of sp³-hybridized carbons (Fsp3) is 0.121. The standard InChI is InChI=1S/C33H27ClN4O3S/c1-21-10-11-22(19-26(21)34)28-16-17-29(41-28)32-31(27-9-5-6-18-35-27)37-33(42)38(32)24-14-12-23(13-15-24)36-30(39)20-40-25-7-3-2-4-8-25/h2-19,31-32H,20H2,1H3,(H,36,39)(H,37,42)/t31-,32-/m1/s1. The molecule has 9 heteroatoms. The number of para-hydroxylation sites is 1. The van der Waals surface area contributed by atoms with Gasteiger partial charge >= 0.3 is 0 Å². The zero-order chi connectivity index (χ0) is 29.1. The highest BCUT2D eigenvalue weighted by Crippen LogP contribution is 2.43. The van der Waals surface area contributed by atoms with Crippen LogP contribution in [0.1, 0.15) is 29.1 Å². The van der Waals surface area contributed by atoms with Crippen molar-refractivity contribution in [1.82, 2.24) is 10.3 Å². The van der Waals surface area contributed by atoms with Crippen molar-refractivity contribution < 1.29 is 13.9 Å². The van der Waals surface area contributed by atoms with Gasteiger partial charge in [-0.3, -0.25) is 9.78 Å². The van der Waals surface area contributed by atoms with Gasteiger partial charge in [-0.2, -0.15) is 0 Å². The number of carbonyl (C=O) groups excluding carboxylic acids is 1. The van der Waals surface area contributed by atoms with Gasteiger partial charge in [-0.25, -0.2) is 0 Å². The fourth-order valence-corrected chi connectivity index (χ4v) is 5.43. The number of aryl methyl sites for hydroxylation is 1. The summed E-state index contributed by atoms with van der Waals surface area (Å²) < 4.78 is 12.0. The normalized spacial score (nSPS) is 16.2. The number of anilines is 2. The van der Waals surface area contributed by atoms with Crippen molar-refractivity contribution in [3.63, 3.8) is 0 Å². The van der Waals surface area contributed by atoms with Crippen LogP contribution in [0.25, 0.3) is 11.3 Å². The molecule has 0 unspecified atom stereocenters. The van der Waals surface area contributed by atoms with E-state index >= 15 is 0 Å². The number of aromatic nitrogens is 1. The molecule has 2 N–H and O–H groups in total. The molecule has 7 nitrogen and oxygen atoms in total. The Hall–Kier alpha value is -4.66. The smallest absolute Gasteiger partial charge is 0.262 e. The number of nitrogens with one attached hydrogen (secondary N) is 2. The number of carbonyl (C=O) groups is 1. The van der Waals surface area contributed by atoms with Crippen LogP contribution in [0.5, 0.6) is 5.75 Å². The first kappa shape index (κ1) is 27.5. The first-order valence-corrected chi connectivity index (χ1v) is 14.2. The lowest BCUT2D eigenvalue weighted by atomic mass is 10.0. The van der Waals surface area contributed by atoms with Crippen molar-refractivity contribution in [3.8, 4) is 17.1 Å². The van der Waals surface area contributed by atoms with E-state index in [4.69, 9.17) is 33.0 Å². The molecule has 1 aliphatic heterocycles. The molecule has 1 amide bonds. The van der Waals surface area contributed by atoms with Gasteiger partial charge in [0.1, 0.15) is 23.3 Å². The van der Waals surface area contributed by atoms with Crippen LogP contribution in [0.3, 0.4) is 0 Å². The second-order valence-corrected chi connectivity index (χ2v) is 10.7. The van der Waals surface area contributed by atoms with Crippen LogP contribution in [0.2, 0.25) is 5.02 Å². The van der Waals surface area contributed by atoms with Crippen molar-refractivity contribution >= 4 is 46.2 Å². The van der Waals surface area contributed by atoms with Crippen LogP contribution in [-0.2, 0) is 4.79 Å². The molecule has 0 spiro atoms. The zero-order valence-corrected chi connectivity index (χ0v) is 24.2. The Morgan fingerprint density at radius 1 is 1.02 bits per heavy atom. The Morgan fingerprint density at radius 2 is 1.81 bits per heavy atom. The van der Waals surface area contributed by atoms with Crippen LogP contribution in [0, 0.1) is 6.92 Å². The van der Waals surface area contributed by atoms with E-state index in [1.807, 2.05) is 115 Å². The SMILES string of the molecule is Cc1ccc(-c2ccc([C@@H]3[C@@H](c4ccccn4)NC(=S)N3c3ccc(NC(=O)COc4ccccc4)cc3)o2)cc1Cl. The van der Waals surface area contributed by atoms with E-state index in [1.54, 1.807) is 6.20 Å². The van der Waals surface area contributed by atoms with Gasteiger partial charge in [0.2, 0.25) is 0 Å². The van der Waals surface area contributed by atoms with Crippen molar-refractivity contribution in [3.05, 3.63) is 131 Å². The summed E-state index contributed by atoms with van der Waals surface area (Å²) in [6.45, 7) is 1.88. The van der Waals surface area contributed by atoms with Crippen LogP contribution >= 0.6 is 23.8 Å². The summed E-state index contributed by atoms with van der Waals surface area (Å²) in [5, 5.41) is 7.54. The van der Waals surface area contributed by atoms with Gasteiger partial charge in [0.25, 0.3) is 5.91 Å². The van der Waals surface area contributed by atoms with Gasteiger partial charge in [-0.1, -0.05) is 48.0 Å². The highest BCUT2D eigenvalue weighted by Gasteiger charge is 2.42. The third-order valence-electron chi connectivity index (χ3n) is 7.02. The van der Waals surface area contributed by atoms with Gasteiger partial charge in [0.05, 0.1) is 11.7 Å². The average Bonchev–Trinajstić information content (AvgIpc) is 3.64. The lowest BCUT2D eigenvalue weighted by Gasteiger charge is -2.26. The summed E-state index contributed by atoms with van der Waals surface area (Å²) in [5.41, 5.74) is 4.22. The lowest BCUT2D eigenvalue weighted by Crippen LogP contribution is -2.29. The summed E-state index contributed by atoms with van der Waals surface area (Å²) in [6.07, 6.45) is 1.76. The van der Waals surface area contributed by atoms with E-state index in [0.717, 1.165) is 28.3 Å². The predicted octanol–water partition coefficient (Wildman–Crippen LogP) is 7.50. The first-order chi connectivity index (χ1) is 20.5. The van der Waals surface area contributed by atoms with Crippen LogP contribution in [0.15, 0.2) is 114 Å². The molecule has 0 saturated carbocycles. The molecular formula is C33H27ClN4O3S. The number of hydrogen-bond donors (Lipinski definition) is 2. The van der Waals surface area contributed by atoms with Gasteiger partial charge in [0.15, 0.2) is 11.7 Å². The zero-order valence-electron chi connectivity index (χ0n) is 22.7. The minimum Gasteiger partial charge on any atom is -0.484 e. The van der Waals surface area contributed by atoms with Crippen molar-refractivity contribution in [2.24, 2.45) is 0 Å². The van der Waals surface area contributed by atoms with E-state index in [0.29, 0.717) is 27.3 Å². The number of furan rings is 1. The molecule has 1 saturated heterocycles. The highest BCUT2D eigenvalue weighted by atomic mass is 35.5. The topological polar surface area (TPSA) is 79.6 Å². The van der Waals surface area contributed by atoms with E-state index in [1.165, 1.54) is 0 Å². The summed E-state index contributed by atoms with van der Waals surface area (Å²) in [5.74, 6) is 1.82. The largest absolute Gasteiger partial charge is 0.484 e. The minimum atomic E-state index is -0.318. The Balaban J connectivity index is 1.26. The highest BCUT2D eigenvalue weighted by molar-refractivity contribution is 7.80. The molecule has 2 atom stereocenters. The second kappa shape index (κ2) is 12.1. The molecule has 1 fully saturated rings. The number of nitrogens with zero attached hydrogens (tertiary/aromatic N) is 2. The second-order valence-electron chi connectivity index (χ2n) is 9.86. The maximum absolute atomic E-state index is 12.5. The number of ether oxygens (including phenoxy) is 1. The molecule has 42 heavy (non-hydrogen) atoms. The lowest BCUT2D eigenvalue weighted by molar-refractivity contribution is -0.118. The Kier molecular flexibility index (Phi) is 7.90. The predicted molar refractivity (Wildman–Crippen MR) is 169 cm³/mol. The number of benzene rings is 3. The molecule has 3 aromatic carbocycles. The van der Waals surface area contributed by atoms with Gasteiger partial charge < -0.3 is 24.7 Å². The molecule has 1 aliphatic rings. The van der Waals surface area contributed by atoms with Crippen molar-refractivity contribution in [1.29, 1.82) is 0 Å². The van der Waals surface area contributed by atoms with E-state index < -0.39 is 0 Å². The molecule has 0 bridgehead atoms. The van der Waals surface area contributed by atoms with Crippen molar-refractivity contribution in [2.45, 2.75) is 19.0 Å². The molecule has 5 aromatic rings. The van der Waals surface area contributed by atoms with Crippen LogP contribution in [-0.4, -0.2) is 22.6 Å². The number of thiocarbonyl (C=S) groups is 1. The summed E-state index contributed by atoms with van der Waals surface area (Å²) >= 11 is 12.2. The first-order valence-electron chi connectivity index (χ1n) is 13.4. The molecule has 2 aromatic heterocycles. The Bertz CT molecular complexity index is 1710. The molecule has 0 radical (unpaired) electrons. The van der Waals surface area contributed by atoms with E-state index in [9.17, 15) is 4.79 Å². The van der Waals surface area contributed by atoms with Crippen LogP contribution < -0.4 is 20.3 Å². The summed E-state index contributed by atoms with van der Waals surface area (Å²) in [7, 11) is 0. The Labute approximate surface area is 254 Å². The molecule has 3 heterocycles. The summed E-state index contributed by atoms with van der Waals surface area (Å²) in [6, 6.07) is 31.7. The number of halogens is 1. The van der Waals surface area contributed by atoms with Crippen molar-refractivity contribution in [2.75, 3.05) is 16.8 Å². The fourth-order valence-electron chi connectivity index (χ4n) is 4.90. The average molecular weight is 595 g/mol. The summed E-state index contributed by atoms with van der Waals surface area (Å²) in [4.78, 5) is 19.1. The number of pyridine rings is 1. The third kappa shape index (κ3) is 5.86. The van der Waals surface area contributed by atoms with Gasteiger partial charge in [-0.15, -0.1) is 0 Å². The number of amides is 1. The number of hydrogen-bond acceptors (Lipinski definition) is 5.